The second-order valence-electron chi connectivity index (χ2n) is 4.05. The Kier molecular flexibility index (Phi) is 5.99. The van der Waals surface area contributed by atoms with E-state index in [4.69, 9.17) is 26.2 Å². The number of nitrogen functional groups attached to an aromatic ring is 1. The van der Waals surface area contributed by atoms with Gasteiger partial charge in [0.15, 0.2) is 0 Å². The minimum Gasteiger partial charge on any atom is -0.507 e. The van der Waals surface area contributed by atoms with E-state index in [2.05, 4.69) is 0 Å². The minimum absolute atomic E-state index is 0.0644. The molecule has 0 unspecified atom stereocenters. The third-order valence-electron chi connectivity index (χ3n) is 2.44. The van der Waals surface area contributed by atoms with Crippen molar-refractivity contribution >= 4 is 40.2 Å². The van der Waals surface area contributed by atoms with Crippen molar-refractivity contribution in [2.45, 2.75) is 0 Å². The molecule has 0 aliphatic carbocycles. The fourth-order valence-electron chi connectivity index (χ4n) is 1.42. The summed E-state index contributed by atoms with van der Waals surface area (Å²) in [7, 11) is 0. The molecule has 2 aromatic rings. The maximum Gasteiger partial charge on any atom is 0.339 e. The highest BCUT2D eigenvalue weighted by Crippen LogP contribution is 2.20. The van der Waals surface area contributed by atoms with Crippen LogP contribution in [0.4, 0.5) is 5.69 Å². The van der Waals surface area contributed by atoms with Gasteiger partial charge in [0.2, 0.25) is 0 Å². The van der Waals surface area contributed by atoms with E-state index in [0.29, 0.717) is 5.69 Å². The quantitative estimate of drug-likeness (QED) is 0.373. The first-order valence-electron chi connectivity index (χ1n) is 5.76. The largest absolute Gasteiger partial charge is 0.507 e. The number of hydrogen-bond donors (Lipinski definition) is 5. The van der Waals surface area contributed by atoms with E-state index in [0.717, 1.165) is 3.57 Å². The zero-order chi connectivity index (χ0) is 16.9. The highest BCUT2D eigenvalue weighted by Gasteiger charge is 2.08. The molecule has 22 heavy (non-hydrogen) atoms. The van der Waals surface area contributed by atoms with Crippen molar-refractivity contribution in [2.75, 3.05) is 5.73 Å². The van der Waals surface area contributed by atoms with Crippen LogP contribution in [0.3, 0.4) is 0 Å². The number of carboxylic acids is 2. The van der Waals surface area contributed by atoms with Gasteiger partial charge in [-0.1, -0.05) is 0 Å². The molecule has 0 heterocycles. The first-order chi connectivity index (χ1) is 10.2. The highest BCUT2D eigenvalue weighted by molar-refractivity contribution is 14.1. The smallest absolute Gasteiger partial charge is 0.339 e. The lowest BCUT2D eigenvalue weighted by Gasteiger charge is -1.98. The number of aromatic hydroxyl groups is 2. The number of nitrogens with two attached hydrogens (primary N) is 1. The summed E-state index contributed by atoms with van der Waals surface area (Å²) in [4.78, 5) is 20.7. The minimum atomic E-state index is -1.16. The fourth-order valence-corrected chi connectivity index (χ4v) is 1.89. The Balaban J connectivity index is 0.000000220. The van der Waals surface area contributed by atoms with E-state index in [1.165, 1.54) is 30.3 Å². The molecule has 0 aromatic heterocycles. The van der Waals surface area contributed by atoms with Crippen LogP contribution in [0.1, 0.15) is 20.7 Å². The molecule has 7 nitrogen and oxygen atoms in total. The number of carbonyl (C=O) groups is 2. The first kappa shape index (κ1) is 17.6. The van der Waals surface area contributed by atoms with Crippen molar-refractivity contribution in [1.82, 2.24) is 0 Å². The van der Waals surface area contributed by atoms with Crippen LogP contribution < -0.4 is 5.73 Å². The summed E-state index contributed by atoms with van der Waals surface area (Å²) in [6.07, 6.45) is 0. The second-order valence-corrected chi connectivity index (χ2v) is 5.29. The van der Waals surface area contributed by atoms with Gasteiger partial charge in [-0.25, -0.2) is 9.59 Å². The number of hydrogen-bond acceptors (Lipinski definition) is 5. The SMILES string of the molecule is Nc1ccc(C(=O)O)c(O)c1.O=C(O)c1ccc(I)cc1O. The van der Waals surface area contributed by atoms with Crippen LogP contribution >= 0.6 is 22.6 Å². The van der Waals surface area contributed by atoms with E-state index in [1.807, 2.05) is 22.6 Å². The van der Waals surface area contributed by atoms with Gasteiger partial charge < -0.3 is 26.2 Å². The summed E-state index contributed by atoms with van der Waals surface area (Å²) in [5.41, 5.74) is 5.41. The Bertz CT molecular complexity index is 655. The predicted octanol–water partition coefficient (Wildman–Crippen LogP) is 2.37. The number of phenols is 2. The Hall–Kier alpha value is -2.49. The lowest BCUT2D eigenvalue weighted by Crippen LogP contribution is -1.97. The second kappa shape index (κ2) is 7.50. The molecule has 0 aliphatic heterocycles. The van der Waals surface area contributed by atoms with Gasteiger partial charge in [0, 0.05) is 15.3 Å². The molecule has 0 atom stereocenters. The van der Waals surface area contributed by atoms with Crippen LogP contribution in [0.5, 0.6) is 11.5 Å². The van der Waals surface area contributed by atoms with Crippen LogP contribution in [0, 0.1) is 3.57 Å². The monoisotopic (exact) mass is 417 g/mol. The molecule has 0 amide bonds. The van der Waals surface area contributed by atoms with E-state index < -0.39 is 11.9 Å². The summed E-state index contributed by atoms with van der Waals surface area (Å²) >= 11 is 1.99. The van der Waals surface area contributed by atoms with Crippen LogP contribution in [0.2, 0.25) is 0 Å². The zero-order valence-corrected chi connectivity index (χ0v) is 13.2. The third kappa shape index (κ3) is 4.81. The Labute approximate surface area is 138 Å². The lowest BCUT2D eigenvalue weighted by atomic mass is 10.2. The molecule has 116 valence electrons. The summed E-state index contributed by atoms with van der Waals surface area (Å²) in [5, 5.41) is 35.0. The van der Waals surface area contributed by atoms with Crippen molar-refractivity contribution in [1.29, 1.82) is 0 Å². The van der Waals surface area contributed by atoms with Crippen molar-refractivity contribution in [3.05, 3.63) is 51.1 Å². The molecular formula is C14H12INO6. The summed E-state index contributed by atoms with van der Waals surface area (Å²) in [6, 6.07) is 8.28. The van der Waals surface area contributed by atoms with E-state index in [-0.39, 0.29) is 22.6 Å². The Morgan fingerprint density at radius 3 is 1.73 bits per heavy atom. The maximum atomic E-state index is 10.4. The van der Waals surface area contributed by atoms with Crippen LogP contribution in [0.15, 0.2) is 36.4 Å². The molecule has 8 heteroatoms. The lowest BCUT2D eigenvalue weighted by molar-refractivity contribution is 0.0682. The highest BCUT2D eigenvalue weighted by atomic mass is 127. The normalized spacial score (nSPS) is 9.50. The number of carboxylic acid groups (broad SMARTS) is 2. The number of benzene rings is 2. The fraction of sp³-hybridized carbons (Fsp3) is 0. The third-order valence-corrected chi connectivity index (χ3v) is 3.11. The first-order valence-corrected chi connectivity index (χ1v) is 6.84. The van der Waals surface area contributed by atoms with Crippen molar-refractivity contribution in [2.24, 2.45) is 0 Å². The molecule has 2 rings (SSSR count). The van der Waals surface area contributed by atoms with Crippen LogP contribution in [-0.2, 0) is 0 Å². The van der Waals surface area contributed by atoms with Gasteiger partial charge in [0.25, 0.3) is 0 Å². The summed E-state index contributed by atoms with van der Waals surface area (Å²) in [5.74, 6) is -2.77. The van der Waals surface area contributed by atoms with Crippen molar-refractivity contribution < 1.29 is 30.0 Å². The molecule has 0 bridgehead atoms. The molecule has 0 spiro atoms. The Morgan fingerprint density at radius 1 is 0.864 bits per heavy atom. The molecule has 0 aliphatic rings. The average molecular weight is 417 g/mol. The number of rotatable bonds is 2. The van der Waals surface area contributed by atoms with Gasteiger partial charge in [-0.3, -0.25) is 0 Å². The molecule has 2 aromatic carbocycles. The van der Waals surface area contributed by atoms with Crippen LogP contribution in [0.25, 0.3) is 0 Å². The molecule has 0 fully saturated rings. The predicted molar refractivity (Wildman–Crippen MR) is 87.3 cm³/mol. The topological polar surface area (TPSA) is 141 Å². The van der Waals surface area contributed by atoms with Gasteiger partial charge in [0.05, 0.1) is 0 Å². The summed E-state index contributed by atoms with van der Waals surface area (Å²) < 4.78 is 0.810. The van der Waals surface area contributed by atoms with Gasteiger partial charge in [-0.15, -0.1) is 0 Å². The number of anilines is 1. The van der Waals surface area contributed by atoms with Crippen molar-refractivity contribution in [3.63, 3.8) is 0 Å². The molecular weight excluding hydrogens is 405 g/mol. The van der Waals surface area contributed by atoms with E-state index in [1.54, 1.807) is 6.07 Å². The number of halogens is 1. The van der Waals surface area contributed by atoms with Gasteiger partial charge >= 0.3 is 11.9 Å². The van der Waals surface area contributed by atoms with Crippen molar-refractivity contribution in [3.8, 4) is 11.5 Å². The van der Waals surface area contributed by atoms with Gasteiger partial charge in [0.1, 0.15) is 22.6 Å². The summed E-state index contributed by atoms with van der Waals surface area (Å²) in [6.45, 7) is 0. The average Bonchev–Trinajstić information content (AvgIpc) is 2.38. The van der Waals surface area contributed by atoms with E-state index >= 15 is 0 Å². The molecule has 6 N–H and O–H groups in total. The zero-order valence-electron chi connectivity index (χ0n) is 11.0. The molecule has 0 radical (unpaired) electrons. The standard InChI is InChI=1S/C7H5IO3.C7H7NO3/c2*8-4-1-2-5(7(10)11)6(9)3-4/h1-3,9H,(H,10,11);1-3,9H,8H2,(H,10,11). The van der Waals surface area contributed by atoms with E-state index in [9.17, 15) is 9.59 Å². The number of aromatic carboxylic acids is 2. The molecule has 0 saturated carbocycles. The van der Waals surface area contributed by atoms with Gasteiger partial charge in [-0.2, -0.15) is 0 Å². The van der Waals surface area contributed by atoms with Crippen LogP contribution in [-0.4, -0.2) is 32.4 Å². The molecule has 0 saturated heterocycles. The van der Waals surface area contributed by atoms with Gasteiger partial charge in [-0.05, 0) is 52.9 Å². The maximum absolute atomic E-state index is 10.4. The Morgan fingerprint density at radius 2 is 1.32 bits per heavy atom.